The third-order valence-electron chi connectivity index (χ3n) is 8.85. The number of hydrogen-bond acceptors (Lipinski definition) is 6. The summed E-state index contributed by atoms with van der Waals surface area (Å²) in [5.74, 6) is -6.08. The van der Waals surface area contributed by atoms with Crippen molar-refractivity contribution in [3.05, 3.63) is 42.0 Å². The predicted molar refractivity (Wildman–Crippen MR) is 146 cm³/mol. The summed E-state index contributed by atoms with van der Waals surface area (Å²) in [6.45, 7) is 3.75. The average Bonchev–Trinajstić information content (AvgIpc) is 3.47. The van der Waals surface area contributed by atoms with Gasteiger partial charge in [-0.15, -0.1) is 0 Å². The normalized spacial score (nSPS) is 21.8. The highest BCUT2D eigenvalue weighted by Crippen LogP contribution is 2.45. The van der Waals surface area contributed by atoms with Gasteiger partial charge in [0.15, 0.2) is 0 Å². The number of aromatic nitrogens is 6. The van der Waals surface area contributed by atoms with Crippen LogP contribution in [0.3, 0.4) is 0 Å². The number of hydrogen-bond donors (Lipinski definition) is 2. The van der Waals surface area contributed by atoms with E-state index in [1.54, 1.807) is 22.9 Å². The smallest absolute Gasteiger partial charge is 0.289 e. The first-order chi connectivity index (χ1) is 20.4. The lowest BCUT2D eigenvalue weighted by Gasteiger charge is -2.34. The van der Waals surface area contributed by atoms with Gasteiger partial charge in [-0.2, -0.15) is 5.10 Å². The zero-order valence-corrected chi connectivity index (χ0v) is 24.1. The molecule has 14 heteroatoms. The van der Waals surface area contributed by atoms with E-state index >= 15 is 0 Å². The Kier molecular flexibility index (Phi) is 7.66. The molecular weight excluding hydrogens is 568 g/mol. The SMILES string of the molecule is CC(C)n1ncnc1C(=O)N[C@H](c1cn2ccc([C@H](NC(=O)CC3CC(F)(F)C3)C3CC3)nc2n1)C1CCC(F)(F)CC1. The van der Waals surface area contributed by atoms with Gasteiger partial charge in [-0.1, -0.05) is 0 Å². The number of imidazole rings is 1. The molecule has 3 aliphatic rings. The molecule has 0 unspecified atom stereocenters. The lowest BCUT2D eigenvalue weighted by molar-refractivity contribution is -0.134. The van der Waals surface area contributed by atoms with Crippen molar-refractivity contribution in [3.8, 4) is 0 Å². The van der Waals surface area contributed by atoms with E-state index in [1.807, 2.05) is 13.8 Å². The quantitative estimate of drug-likeness (QED) is 0.307. The van der Waals surface area contributed by atoms with Crippen molar-refractivity contribution in [2.75, 3.05) is 0 Å². The van der Waals surface area contributed by atoms with Crippen LogP contribution in [0.5, 0.6) is 0 Å². The second kappa shape index (κ2) is 11.2. The summed E-state index contributed by atoms with van der Waals surface area (Å²) in [6, 6.07) is 0.656. The van der Waals surface area contributed by atoms with Crippen LogP contribution in [0.4, 0.5) is 17.6 Å². The van der Waals surface area contributed by atoms with Crippen molar-refractivity contribution in [1.29, 1.82) is 0 Å². The number of amides is 2. The first-order valence-corrected chi connectivity index (χ1v) is 15.0. The molecule has 3 fully saturated rings. The minimum absolute atomic E-state index is 0.0565. The van der Waals surface area contributed by atoms with Gasteiger partial charge in [-0.25, -0.2) is 37.2 Å². The lowest BCUT2D eigenvalue weighted by Crippen LogP contribution is -2.39. The summed E-state index contributed by atoms with van der Waals surface area (Å²) < 4.78 is 57.8. The van der Waals surface area contributed by atoms with Crippen molar-refractivity contribution in [2.45, 2.75) is 102 Å². The molecular formula is C29H36F4N8O2. The van der Waals surface area contributed by atoms with Crippen molar-refractivity contribution < 1.29 is 27.2 Å². The zero-order chi connectivity index (χ0) is 30.5. The summed E-state index contributed by atoms with van der Waals surface area (Å²) in [5, 5.41) is 10.1. The van der Waals surface area contributed by atoms with E-state index in [9.17, 15) is 27.2 Å². The Hall–Kier alpha value is -3.58. The molecule has 2 atom stereocenters. The van der Waals surface area contributed by atoms with Crippen molar-refractivity contribution in [2.24, 2.45) is 17.8 Å². The van der Waals surface area contributed by atoms with Crippen LogP contribution in [0.15, 0.2) is 24.8 Å². The summed E-state index contributed by atoms with van der Waals surface area (Å²) in [4.78, 5) is 39.6. The van der Waals surface area contributed by atoms with Gasteiger partial charge < -0.3 is 10.6 Å². The van der Waals surface area contributed by atoms with E-state index in [2.05, 4.69) is 20.7 Å². The molecule has 0 radical (unpaired) electrons. The van der Waals surface area contributed by atoms with E-state index < -0.39 is 23.8 Å². The average molecular weight is 605 g/mol. The van der Waals surface area contributed by atoms with Crippen LogP contribution in [0.2, 0.25) is 0 Å². The number of fused-ring (bicyclic) bond motifs is 1. The van der Waals surface area contributed by atoms with Crippen molar-refractivity contribution in [1.82, 2.24) is 39.8 Å². The second-order valence-electron chi connectivity index (χ2n) is 12.7. The molecule has 6 rings (SSSR count). The zero-order valence-electron chi connectivity index (χ0n) is 24.1. The molecule has 0 aromatic carbocycles. The largest absolute Gasteiger partial charge is 0.347 e. The first kappa shape index (κ1) is 29.5. The van der Waals surface area contributed by atoms with E-state index in [1.165, 1.54) is 11.0 Å². The molecule has 0 spiro atoms. The van der Waals surface area contributed by atoms with Crippen LogP contribution in [0.1, 0.15) is 112 Å². The maximum absolute atomic E-state index is 14.0. The molecule has 3 aromatic heterocycles. The highest BCUT2D eigenvalue weighted by atomic mass is 19.3. The summed E-state index contributed by atoms with van der Waals surface area (Å²) in [6.07, 6.45) is 6.05. The minimum Gasteiger partial charge on any atom is -0.347 e. The van der Waals surface area contributed by atoms with Gasteiger partial charge in [0.25, 0.3) is 5.91 Å². The topological polar surface area (TPSA) is 119 Å². The fourth-order valence-electron chi connectivity index (χ4n) is 6.34. The molecule has 2 amide bonds. The number of halogens is 4. The Morgan fingerprint density at radius 2 is 1.60 bits per heavy atom. The fraction of sp³-hybridized carbons (Fsp3) is 0.655. The molecule has 232 valence electrons. The Labute approximate surface area is 246 Å². The minimum atomic E-state index is -2.74. The van der Waals surface area contributed by atoms with Crippen LogP contribution in [-0.4, -0.2) is 52.8 Å². The molecule has 0 aliphatic heterocycles. The number of rotatable bonds is 10. The highest BCUT2D eigenvalue weighted by Gasteiger charge is 2.46. The monoisotopic (exact) mass is 604 g/mol. The third-order valence-corrected chi connectivity index (χ3v) is 8.85. The van der Waals surface area contributed by atoms with E-state index in [0.717, 1.165) is 12.8 Å². The number of carbonyl (C=O) groups excluding carboxylic acids is 2. The summed E-state index contributed by atoms with van der Waals surface area (Å²) >= 11 is 0. The van der Waals surface area contributed by atoms with Gasteiger partial charge in [0, 0.05) is 50.5 Å². The molecule has 3 heterocycles. The molecule has 43 heavy (non-hydrogen) atoms. The number of alkyl halides is 4. The Bertz CT molecular complexity index is 1480. The molecule has 10 nitrogen and oxygen atoms in total. The number of carbonyl (C=O) groups is 2. The lowest BCUT2D eigenvalue weighted by atomic mass is 9.79. The van der Waals surface area contributed by atoms with Crippen molar-refractivity contribution in [3.63, 3.8) is 0 Å². The summed E-state index contributed by atoms with van der Waals surface area (Å²) in [7, 11) is 0. The predicted octanol–water partition coefficient (Wildman–Crippen LogP) is 5.20. The second-order valence-corrected chi connectivity index (χ2v) is 12.7. The molecule has 3 saturated carbocycles. The molecule has 0 saturated heterocycles. The molecule has 2 N–H and O–H groups in total. The molecule has 3 aliphatic carbocycles. The number of nitrogens with one attached hydrogen (secondary N) is 2. The van der Waals surface area contributed by atoms with Crippen LogP contribution < -0.4 is 10.6 Å². The van der Waals surface area contributed by atoms with Crippen LogP contribution >= 0.6 is 0 Å². The standard InChI is InChI=1S/C29H36F4N8O2/c1-16(2)41-25(34-15-35-41)26(43)39-24(19-5-8-28(30,31)9-6-19)21-14-40-10-7-20(36-27(40)37-21)23(18-3-4-18)38-22(42)11-17-12-29(32,33)13-17/h7,10,14-19,23-24H,3-6,8-9,11-13H2,1-2H3,(H,38,42)(H,39,43)/t23-,24+/m1/s1. The molecule has 3 aromatic rings. The fourth-order valence-corrected chi connectivity index (χ4v) is 6.34. The number of nitrogens with zero attached hydrogens (tertiary/aromatic N) is 6. The van der Waals surface area contributed by atoms with E-state index in [0.29, 0.717) is 17.2 Å². The van der Waals surface area contributed by atoms with Gasteiger partial charge in [-0.3, -0.25) is 14.0 Å². The van der Waals surface area contributed by atoms with Gasteiger partial charge in [-0.05, 0) is 63.4 Å². The first-order valence-electron chi connectivity index (χ1n) is 15.0. The highest BCUT2D eigenvalue weighted by molar-refractivity contribution is 5.91. The Morgan fingerprint density at radius 1 is 0.953 bits per heavy atom. The van der Waals surface area contributed by atoms with Gasteiger partial charge in [0.05, 0.1) is 23.5 Å². The Morgan fingerprint density at radius 3 is 2.26 bits per heavy atom. The van der Waals surface area contributed by atoms with Crippen LogP contribution in [0, 0.1) is 17.8 Å². The Balaban J connectivity index is 1.24. The third kappa shape index (κ3) is 6.52. The maximum Gasteiger partial charge on any atom is 0.289 e. The van der Waals surface area contributed by atoms with Crippen LogP contribution in [-0.2, 0) is 4.79 Å². The molecule has 0 bridgehead atoms. The van der Waals surface area contributed by atoms with Gasteiger partial charge in [0.1, 0.15) is 6.33 Å². The maximum atomic E-state index is 14.0. The van der Waals surface area contributed by atoms with Crippen LogP contribution in [0.25, 0.3) is 5.78 Å². The van der Waals surface area contributed by atoms with E-state index in [-0.39, 0.29) is 86.5 Å². The summed E-state index contributed by atoms with van der Waals surface area (Å²) in [5.41, 5.74) is 1.10. The van der Waals surface area contributed by atoms with E-state index in [4.69, 9.17) is 9.97 Å². The van der Waals surface area contributed by atoms with Gasteiger partial charge in [0.2, 0.25) is 29.4 Å². The van der Waals surface area contributed by atoms with Crippen molar-refractivity contribution >= 4 is 17.6 Å². The van der Waals surface area contributed by atoms with Gasteiger partial charge >= 0.3 is 0 Å².